The maximum absolute atomic E-state index is 12.0. The molecule has 2 amide bonds. The van der Waals surface area contributed by atoms with E-state index in [1.165, 1.54) is 13.2 Å². The quantitative estimate of drug-likeness (QED) is 0.471. The van der Waals surface area contributed by atoms with Crippen LogP contribution in [0.1, 0.15) is 11.4 Å². The van der Waals surface area contributed by atoms with Crippen molar-refractivity contribution in [2.75, 3.05) is 12.4 Å². The van der Waals surface area contributed by atoms with Gasteiger partial charge in [0.2, 0.25) is 5.91 Å². The molecule has 2 aromatic carbocycles. The summed E-state index contributed by atoms with van der Waals surface area (Å²) in [6, 6.07) is 14.1. The Hall–Kier alpha value is -3.29. The molecule has 0 fully saturated rings. The van der Waals surface area contributed by atoms with Crippen molar-refractivity contribution in [3.8, 4) is 11.3 Å². The number of nitrogens with one attached hydrogen (secondary N) is 3. The number of hydrogen-bond donors (Lipinski definition) is 3. The smallest absolute Gasteiger partial charge is 0.411 e. The molecule has 3 rings (SSSR count). The van der Waals surface area contributed by atoms with E-state index in [1.54, 1.807) is 42.5 Å². The van der Waals surface area contributed by atoms with Gasteiger partial charge in [0.05, 0.1) is 13.7 Å². The van der Waals surface area contributed by atoms with Crippen molar-refractivity contribution in [1.82, 2.24) is 15.3 Å². The average molecular weight is 445 g/mol. The average Bonchev–Trinajstić information content (AvgIpc) is 3.12. The molecule has 0 atom stereocenters. The first kappa shape index (κ1) is 21.4. The predicted molar refractivity (Wildman–Crippen MR) is 117 cm³/mol. The minimum atomic E-state index is -0.553. The number of nitrogens with zero attached hydrogens (tertiary/aromatic N) is 1. The van der Waals surface area contributed by atoms with E-state index < -0.39 is 6.09 Å². The summed E-state index contributed by atoms with van der Waals surface area (Å²) in [6.45, 7) is 0.181. The fourth-order valence-corrected chi connectivity index (χ4v) is 3.02. The zero-order valence-electron chi connectivity index (χ0n) is 15.9. The number of carbonyl (C=O) groups excluding carboxylic acids is 2. The van der Waals surface area contributed by atoms with E-state index in [-0.39, 0.29) is 12.5 Å². The molecule has 3 aromatic rings. The molecular formula is C21H18Cl2N4O3. The second-order valence-electron chi connectivity index (χ2n) is 6.15. The number of H-pyrrole nitrogens is 1. The van der Waals surface area contributed by atoms with Gasteiger partial charge in [-0.3, -0.25) is 10.1 Å². The zero-order valence-corrected chi connectivity index (χ0v) is 17.4. The second-order valence-corrected chi connectivity index (χ2v) is 6.96. The maximum Gasteiger partial charge on any atom is 0.411 e. The summed E-state index contributed by atoms with van der Waals surface area (Å²) >= 11 is 12.2. The van der Waals surface area contributed by atoms with Crippen LogP contribution < -0.4 is 10.6 Å². The lowest BCUT2D eigenvalue weighted by molar-refractivity contribution is -0.116. The molecule has 0 saturated heterocycles. The van der Waals surface area contributed by atoms with Gasteiger partial charge < -0.3 is 15.0 Å². The molecule has 0 aliphatic carbocycles. The molecule has 0 saturated carbocycles. The van der Waals surface area contributed by atoms with Crippen LogP contribution in [0.25, 0.3) is 17.3 Å². The normalized spacial score (nSPS) is 10.8. The summed E-state index contributed by atoms with van der Waals surface area (Å²) in [5.41, 5.74) is 2.70. The number of aromatic nitrogens is 2. The second kappa shape index (κ2) is 9.96. The number of hydrogen-bond acceptors (Lipinski definition) is 4. The third kappa shape index (κ3) is 5.85. The molecule has 30 heavy (non-hydrogen) atoms. The summed E-state index contributed by atoms with van der Waals surface area (Å²) in [7, 11) is 1.29. The number of anilines is 1. The largest absolute Gasteiger partial charge is 0.453 e. The van der Waals surface area contributed by atoms with Gasteiger partial charge in [-0.15, -0.1) is 0 Å². The van der Waals surface area contributed by atoms with Gasteiger partial charge in [0, 0.05) is 22.3 Å². The third-order valence-corrected chi connectivity index (χ3v) is 4.51. The lowest BCUT2D eigenvalue weighted by Gasteiger charge is -2.04. The number of methoxy groups -OCH3 is 1. The standard InChI is InChI=1S/C21H18Cl2N4O3/c1-30-21(29)25-16-8-6-14(7-9-16)19-20(23)27-17(26-19)12-24-18(28)10-5-13-3-2-4-15(22)11-13/h2-11H,12H2,1H3,(H,24,28)(H,25,29)(H,26,27)/b10-5+. The number of benzene rings is 2. The van der Waals surface area contributed by atoms with Crippen molar-refractivity contribution in [1.29, 1.82) is 0 Å². The van der Waals surface area contributed by atoms with Crippen molar-refractivity contribution < 1.29 is 14.3 Å². The van der Waals surface area contributed by atoms with Crippen molar-refractivity contribution in [3.05, 3.63) is 76.2 Å². The molecule has 0 aliphatic heterocycles. The molecule has 0 bridgehead atoms. The van der Waals surface area contributed by atoms with Gasteiger partial charge in [-0.1, -0.05) is 47.5 Å². The number of halogens is 2. The van der Waals surface area contributed by atoms with Crippen LogP contribution in [0.3, 0.4) is 0 Å². The van der Waals surface area contributed by atoms with E-state index >= 15 is 0 Å². The Morgan fingerprint density at radius 1 is 1.17 bits per heavy atom. The minimum absolute atomic E-state index is 0.181. The lowest BCUT2D eigenvalue weighted by Crippen LogP contribution is -2.20. The molecule has 0 unspecified atom stereocenters. The number of imidazole rings is 1. The first-order valence-electron chi connectivity index (χ1n) is 8.86. The van der Waals surface area contributed by atoms with Crippen molar-refractivity contribution in [2.45, 2.75) is 6.54 Å². The van der Waals surface area contributed by atoms with E-state index in [4.69, 9.17) is 23.2 Å². The van der Waals surface area contributed by atoms with Crippen molar-refractivity contribution in [3.63, 3.8) is 0 Å². The van der Waals surface area contributed by atoms with Crippen LogP contribution in [0.5, 0.6) is 0 Å². The SMILES string of the molecule is COC(=O)Nc1ccc(-c2nc(CNC(=O)/C=C/c3cccc(Cl)c3)[nH]c2Cl)cc1. The fraction of sp³-hybridized carbons (Fsp3) is 0.0952. The highest BCUT2D eigenvalue weighted by molar-refractivity contribution is 6.32. The maximum atomic E-state index is 12.0. The van der Waals surface area contributed by atoms with E-state index in [1.807, 2.05) is 12.1 Å². The number of aromatic amines is 1. The van der Waals surface area contributed by atoms with E-state index in [9.17, 15) is 9.59 Å². The Morgan fingerprint density at radius 2 is 1.93 bits per heavy atom. The van der Waals surface area contributed by atoms with Crippen LogP contribution in [0.15, 0.2) is 54.6 Å². The number of carbonyl (C=O) groups is 2. The summed E-state index contributed by atoms with van der Waals surface area (Å²) in [6.07, 6.45) is 2.54. The number of ether oxygens (including phenoxy) is 1. The molecule has 1 heterocycles. The van der Waals surface area contributed by atoms with Crippen LogP contribution in [0.2, 0.25) is 10.2 Å². The third-order valence-electron chi connectivity index (χ3n) is 4.00. The van der Waals surface area contributed by atoms with E-state index in [0.29, 0.717) is 27.4 Å². The molecular weight excluding hydrogens is 427 g/mol. The highest BCUT2D eigenvalue weighted by Gasteiger charge is 2.11. The lowest BCUT2D eigenvalue weighted by atomic mass is 10.1. The Bertz CT molecular complexity index is 1080. The Morgan fingerprint density at radius 3 is 2.63 bits per heavy atom. The molecule has 0 aliphatic rings. The van der Waals surface area contributed by atoms with E-state index in [2.05, 4.69) is 25.3 Å². The van der Waals surface area contributed by atoms with Crippen LogP contribution in [-0.2, 0) is 16.1 Å². The minimum Gasteiger partial charge on any atom is -0.453 e. The highest BCUT2D eigenvalue weighted by atomic mass is 35.5. The Kier molecular flexibility index (Phi) is 7.11. The van der Waals surface area contributed by atoms with Gasteiger partial charge in [0.25, 0.3) is 0 Å². The molecule has 0 radical (unpaired) electrons. The number of rotatable bonds is 6. The topological polar surface area (TPSA) is 96.1 Å². The molecule has 3 N–H and O–H groups in total. The highest BCUT2D eigenvalue weighted by Crippen LogP contribution is 2.26. The predicted octanol–water partition coefficient (Wildman–Crippen LogP) is 4.89. The first-order valence-corrected chi connectivity index (χ1v) is 9.61. The van der Waals surface area contributed by atoms with E-state index in [0.717, 1.165) is 11.1 Å². The van der Waals surface area contributed by atoms with Gasteiger partial charge in [-0.25, -0.2) is 9.78 Å². The van der Waals surface area contributed by atoms with Gasteiger partial charge in [-0.2, -0.15) is 0 Å². The zero-order chi connectivity index (χ0) is 21.5. The molecule has 9 heteroatoms. The van der Waals surface area contributed by atoms with Crippen LogP contribution in [0.4, 0.5) is 10.5 Å². The Labute approximate surface area is 183 Å². The molecule has 7 nitrogen and oxygen atoms in total. The van der Waals surface area contributed by atoms with Crippen molar-refractivity contribution in [2.24, 2.45) is 0 Å². The van der Waals surface area contributed by atoms with Gasteiger partial charge >= 0.3 is 6.09 Å². The fourth-order valence-electron chi connectivity index (χ4n) is 2.57. The van der Waals surface area contributed by atoms with Gasteiger partial charge in [-0.05, 0) is 35.9 Å². The van der Waals surface area contributed by atoms with Crippen LogP contribution in [0, 0.1) is 0 Å². The summed E-state index contributed by atoms with van der Waals surface area (Å²) < 4.78 is 4.55. The molecule has 0 spiro atoms. The van der Waals surface area contributed by atoms with Gasteiger partial charge in [0.1, 0.15) is 16.7 Å². The summed E-state index contributed by atoms with van der Waals surface area (Å²) in [5.74, 6) is 0.235. The molecule has 1 aromatic heterocycles. The summed E-state index contributed by atoms with van der Waals surface area (Å²) in [5, 5.41) is 6.26. The Balaban J connectivity index is 1.60. The van der Waals surface area contributed by atoms with Crippen LogP contribution >= 0.6 is 23.2 Å². The van der Waals surface area contributed by atoms with Gasteiger partial charge in [0.15, 0.2) is 0 Å². The monoisotopic (exact) mass is 444 g/mol. The summed E-state index contributed by atoms with van der Waals surface area (Å²) in [4.78, 5) is 30.7. The number of amides is 2. The molecule has 154 valence electrons. The first-order chi connectivity index (χ1) is 14.4. The van der Waals surface area contributed by atoms with Crippen molar-refractivity contribution >= 4 is 47.0 Å². The van der Waals surface area contributed by atoms with Crippen LogP contribution in [-0.4, -0.2) is 29.1 Å².